The molecule has 0 saturated heterocycles. The van der Waals surface area contributed by atoms with E-state index < -0.39 is 11.5 Å². The number of carbonyl (C=O) groups is 2. The standard InChI is InChI=1S/C16H19N3O5/c1-16(2,15(21)22)19-9-11(8-17-19)18-14(20)10-24-13-6-4-5-12(7-13)23-3/h4-9H,10H2,1-3H3,(H,18,20)(H,21,22). The number of hydrogen-bond donors (Lipinski definition) is 2. The molecule has 0 aliphatic carbocycles. The molecule has 128 valence electrons. The quantitative estimate of drug-likeness (QED) is 0.800. The van der Waals surface area contributed by atoms with Crippen molar-refractivity contribution in [2.45, 2.75) is 19.4 Å². The highest BCUT2D eigenvalue weighted by molar-refractivity contribution is 5.91. The molecular formula is C16H19N3O5. The van der Waals surface area contributed by atoms with Gasteiger partial charge in [0.1, 0.15) is 11.5 Å². The molecular weight excluding hydrogens is 314 g/mol. The van der Waals surface area contributed by atoms with Gasteiger partial charge in [0.2, 0.25) is 0 Å². The monoisotopic (exact) mass is 333 g/mol. The van der Waals surface area contributed by atoms with Crippen LogP contribution in [0.15, 0.2) is 36.7 Å². The van der Waals surface area contributed by atoms with E-state index in [9.17, 15) is 9.59 Å². The number of nitrogens with one attached hydrogen (secondary N) is 1. The molecule has 2 N–H and O–H groups in total. The topological polar surface area (TPSA) is 103 Å². The number of carboxylic acids is 1. The minimum absolute atomic E-state index is 0.194. The lowest BCUT2D eigenvalue weighted by atomic mass is 10.1. The Labute approximate surface area is 139 Å². The van der Waals surface area contributed by atoms with Crippen LogP contribution < -0.4 is 14.8 Å². The molecule has 0 radical (unpaired) electrons. The van der Waals surface area contributed by atoms with Crippen molar-refractivity contribution in [3.63, 3.8) is 0 Å². The van der Waals surface area contributed by atoms with Crippen LogP contribution >= 0.6 is 0 Å². The maximum absolute atomic E-state index is 11.9. The number of methoxy groups -OCH3 is 1. The Morgan fingerprint density at radius 1 is 1.33 bits per heavy atom. The highest BCUT2D eigenvalue weighted by Gasteiger charge is 2.30. The average Bonchev–Trinajstić information content (AvgIpc) is 3.02. The summed E-state index contributed by atoms with van der Waals surface area (Å²) < 4.78 is 11.7. The van der Waals surface area contributed by atoms with E-state index in [1.807, 2.05) is 0 Å². The molecule has 24 heavy (non-hydrogen) atoms. The minimum Gasteiger partial charge on any atom is -0.497 e. The number of nitrogens with zero attached hydrogens (tertiary/aromatic N) is 2. The van der Waals surface area contributed by atoms with Crippen LogP contribution in [0.4, 0.5) is 5.69 Å². The van der Waals surface area contributed by atoms with Gasteiger partial charge in [0.05, 0.1) is 19.0 Å². The van der Waals surface area contributed by atoms with Gasteiger partial charge < -0.3 is 19.9 Å². The van der Waals surface area contributed by atoms with Gasteiger partial charge in [-0.15, -0.1) is 0 Å². The van der Waals surface area contributed by atoms with Gasteiger partial charge >= 0.3 is 5.97 Å². The lowest BCUT2D eigenvalue weighted by molar-refractivity contribution is -0.146. The summed E-state index contributed by atoms with van der Waals surface area (Å²) >= 11 is 0. The Balaban J connectivity index is 1.93. The van der Waals surface area contributed by atoms with Gasteiger partial charge in [0.25, 0.3) is 5.91 Å². The Kier molecular flexibility index (Phi) is 5.08. The molecule has 0 fully saturated rings. The number of rotatable bonds is 7. The van der Waals surface area contributed by atoms with Gasteiger partial charge in [-0.3, -0.25) is 9.48 Å². The summed E-state index contributed by atoms with van der Waals surface area (Å²) in [6.45, 7) is 2.83. The van der Waals surface area contributed by atoms with E-state index in [2.05, 4.69) is 10.4 Å². The first-order chi connectivity index (χ1) is 11.3. The largest absolute Gasteiger partial charge is 0.497 e. The second-order valence-electron chi connectivity index (χ2n) is 5.55. The molecule has 0 aliphatic rings. The second-order valence-corrected chi connectivity index (χ2v) is 5.55. The predicted octanol–water partition coefficient (Wildman–Crippen LogP) is 1.73. The lowest BCUT2D eigenvalue weighted by Gasteiger charge is -2.19. The van der Waals surface area contributed by atoms with Crippen LogP contribution in [0.3, 0.4) is 0 Å². The van der Waals surface area contributed by atoms with Crippen LogP contribution in [-0.2, 0) is 15.1 Å². The predicted molar refractivity (Wildman–Crippen MR) is 86.3 cm³/mol. The Morgan fingerprint density at radius 2 is 2.04 bits per heavy atom. The maximum atomic E-state index is 11.9. The maximum Gasteiger partial charge on any atom is 0.331 e. The Morgan fingerprint density at radius 3 is 2.71 bits per heavy atom. The summed E-state index contributed by atoms with van der Waals surface area (Å²) in [4.78, 5) is 23.1. The van der Waals surface area contributed by atoms with Gasteiger partial charge in [-0.1, -0.05) is 6.07 Å². The molecule has 2 aromatic rings. The molecule has 0 atom stereocenters. The van der Waals surface area contributed by atoms with E-state index in [4.69, 9.17) is 14.6 Å². The molecule has 1 aromatic carbocycles. The van der Waals surface area contributed by atoms with Crippen LogP contribution in [0.5, 0.6) is 11.5 Å². The number of amides is 1. The first-order valence-electron chi connectivity index (χ1n) is 7.18. The van der Waals surface area contributed by atoms with Gasteiger partial charge in [0, 0.05) is 12.3 Å². The molecule has 8 heteroatoms. The third-order valence-electron chi connectivity index (χ3n) is 3.37. The van der Waals surface area contributed by atoms with E-state index in [0.29, 0.717) is 17.2 Å². The summed E-state index contributed by atoms with van der Waals surface area (Å²) in [6, 6.07) is 6.90. The fourth-order valence-corrected chi connectivity index (χ4v) is 1.83. The zero-order valence-electron chi connectivity index (χ0n) is 13.6. The van der Waals surface area contributed by atoms with Crippen LogP contribution in [-0.4, -0.2) is 40.5 Å². The van der Waals surface area contributed by atoms with Gasteiger partial charge in [0.15, 0.2) is 12.1 Å². The van der Waals surface area contributed by atoms with Crippen molar-refractivity contribution >= 4 is 17.6 Å². The summed E-state index contributed by atoms with van der Waals surface area (Å²) in [5.74, 6) is -0.271. The number of aliphatic carboxylic acids is 1. The van der Waals surface area contributed by atoms with E-state index in [-0.39, 0.29) is 12.5 Å². The Hall–Kier alpha value is -3.03. The molecule has 0 bridgehead atoms. The molecule has 0 saturated carbocycles. The number of carboxylic acid groups (broad SMARTS) is 1. The van der Waals surface area contributed by atoms with Crippen LogP contribution in [0.25, 0.3) is 0 Å². The number of benzene rings is 1. The van der Waals surface area contributed by atoms with E-state index in [1.165, 1.54) is 30.9 Å². The van der Waals surface area contributed by atoms with Crippen LogP contribution in [0, 0.1) is 0 Å². The average molecular weight is 333 g/mol. The summed E-state index contributed by atoms with van der Waals surface area (Å²) in [5.41, 5.74) is -0.816. The third kappa shape index (κ3) is 4.03. The lowest BCUT2D eigenvalue weighted by Crippen LogP contribution is -2.35. The normalized spacial score (nSPS) is 11.0. The van der Waals surface area contributed by atoms with Crippen LogP contribution in [0.1, 0.15) is 13.8 Å². The SMILES string of the molecule is COc1cccc(OCC(=O)Nc2cnn(C(C)(C)C(=O)O)c2)c1. The highest BCUT2D eigenvalue weighted by atomic mass is 16.5. The second kappa shape index (κ2) is 7.03. The first-order valence-corrected chi connectivity index (χ1v) is 7.18. The van der Waals surface area contributed by atoms with E-state index >= 15 is 0 Å². The molecule has 0 unspecified atom stereocenters. The van der Waals surface area contributed by atoms with Crippen molar-refractivity contribution in [2.75, 3.05) is 19.0 Å². The molecule has 0 aliphatic heterocycles. The van der Waals surface area contributed by atoms with E-state index in [1.54, 1.807) is 31.4 Å². The van der Waals surface area contributed by atoms with Gasteiger partial charge in [-0.25, -0.2) is 4.79 Å². The smallest absolute Gasteiger partial charge is 0.331 e. The fourth-order valence-electron chi connectivity index (χ4n) is 1.83. The molecule has 1 heterocycles. The molecule has 2 rings (SSSR count). The van der Waals surface area contributed by atoms with Crippen molar-refractivity contribution in [1.82, 2.24) is 9.78 Å². The molecule has 8 nitrogen and oxygen atoms in total. The summed E-state index contributed by atoms with van der Waals surface area (Å²) in [6.07, 6.45) is 2.84. The van der Waals surface area contributed by atoms with Crippen molar-refractivity contribution in [2.24, 2.45) is 0 Å². The Bertz CT molecular complexity index is 739. The molecule has 0 spiro atoms. The highest BCUT2D eigenvalue weighted by Crippen LogP contribution is 2.19. The van der Waals surface area contributed by atoms with Gasteiger partial charge in [-0.05, 0) is 26.0 Å². The van der Waals surface area contributed by atoms with Crippen molar-refractivity contribution in [3.05, 3.63) is 36.7 Å². The number of anilines is 1. The summed E-state index contributed by atoms with van der Waals surface area (Å²) in [5, 5.41) is 15.7. The molecule has 1 amide bonds. The number of carbonyl (C=O) groups excluding carboxylic acids is 1. The van der Waals surface area contributed by atoms with E-state index in [0.717, 1.165) is 0 Å². The van der Waals surface area contributed by atoms with Crippen molar-refractivity contribution in [1.29, 1.82) is 0 Å². The number of ether oxygens (including phenoxy) is 2. The number of hydrogen-bond acceptors (Lipinski definition) is 5. The minimum atomic E-state index is -1.21. The zero-order chi connectivity index (χ0) is 17.7. The summed E-state index contributed by atoms with van der Waals surface area (Å²) in [7, 11) is 1.54. The molecule has 1 aromatic heterocycles. The fraction of sp³-hybridized carbons (Fsp3) is 0.312. The van der Waals surface area contributed by atoms with Crippen LogP contribution in [0.2, 0.25) is 0 Å². The zero-order valence-corrected chi connectivity index (χ0v) is 13.6. The van der Waals surface area contributed by atoms with Gasteiger partial charge in [-0.2, -0.15) is 5.10 Å². The van der Waals surface area contributed by atoms with Crippen molar-refractivity contribution < 1.29 is 24.2 Å². The van der Waals surface area contributed by atoms with Crippen molar-refractivity contribution in [3.8, 4) is 11.5 Å². The third-order valence-corrected chi connectivity index (χ3v) is 3.37. The first kappa shape index (κ1) is 17.3. The number of aromatic nitrogens is 2.